The predicted octanol–water partition coefficient (Wildman–Crippen LogP) is 2.98. The fourth-order valence-corrected chi connectivity index (χ4v) is 3.85. The van der Waals surface area contributed by atoms with Crippen LogP contribution in [-0.4, -0.2) is 26.4 Å². The van der Waals surface area contributed by atoms with Crippen molar-refractivity contribution in [2.75, 3.05) is 7.05 Å². The van der Waals surface area contributed by atoms with E-state index in [-0.39, 0.29) is 0 Å². The molecule has 0 unspecified atom stereocenters. The molecule has 0 amide bonds. The van der Waals surface area contributed by atoms with Gasteiger partial charge in [-0.3, -0.25) is 4.40 Å². The van der Waals surface area contributed by atoms with Gasteiger partial charge in [-0.2, -0.15) is 0 Å². The number of aryl methyl sites for hydroxylation is 2. The van der Waals surface area contributed by atoms with Crippen LogP contribution in [0.5, 0.6) is 0 Å². The Labute approximate surface area is 131 Å². The number of hydrogen-bond donors (Lipinski definition) is 1. The normalized spacial score (nSPS) is 11.4. The van der Waals surface area contributed by atoms with Crippen molar-refractivity contribution < 1.29 is 0 Å². The zero-order valence-corrected chi connectivity index (χ0v) is 14.1. The quantitative estimate of drug-likeness (QED) is 0.749. The number of nitrogens with zero attached hydrogens (tertiary/aromatic N) is 4. The molecular formula is C14H17N5S2. The standard InChI is InChI=1S/C14H17N5S2/c1-8-9(2)16-13(17-10(8)3)21-12-11(7-15-4)19-5-6-20-14(19)18-12/h5-6,15H,7H2,1-4H3. The highest BCUT2D eigenvalue weighted by Gasteiger charge is 2.16. The lowest BCUT2D eigenvalue weighted by molar-refractivity contribution is 0.764. The van der Waals surface area contributed by atoms with E-state index in [0.717, 1.165) is 44.3 Å². The molecule has 0 fully saturated rings. The largest absolute Gasteiger partial charge is 0.314 e. The van der Waals surface area contributed by atoms with Gasteiger partial charge in [0.1, 0.15) is 5.03 Å². The molecule has 110 valence electrons. The first-order valence-corrected chi connectivity index (χ1v) is 8.38. The van der Waals surface area contributed by atoms with E-state index in [4.69, 9.17) is 4.98 Å². The summed E-state index contributed by atoms with van der Waals surface area (Å²) in [6.07, 6.45) is 2.05. The molecule has 0 bridgehead atoms. The fourth-order valence-electron chi connectivity index (χ4n) is 2.10. The van der Waals surface area contributed by atoms with E-state index in [1.165, 1.54) is 11.8 Å². The Hall–Kier alpha value is -1.44. The fraction of sp³-hybridized carbons (Fsp3) is 0.357. The molecule has 0 saturated heterocycles. The number of imidazole rings is 1. The molecule has 3 rings (SSSR count). The van der Waals surface area contributed by atoms with Gasteiger partial charge in [-0.15, -0.1) is 11.3 Å². The Morgan fingerprint density at radius 2 is 1.90 bits per heavy atom. The van der Waals surface area contributed by atoms with Crippen molar-refractivity contribution in [1.29, 1.82) is 0 Å². The molecule has 0 aliphatic carbocycles. The van der Waals surface area contributed by atoms with Crippen LogP contribution in [0.25, 0.3) is 4.96 Å². The van der Waals surface area contributed by atoms with Crippen molar-refractivity contribution in [2.45, 2.75) is 37.5 Å². The van der Waals surface area contributed by atoms with Crippen LogP contribution in [0.1, 0.15) is 22.6 Å². The van der Waals surface area contributed by atoms with Crippen molar-refractivity contribution in [3.05, 3.63) is 34.2 Å². The first kappa shape index (κ1) is 14.5. The molecule has 0 aromatic carbocycles. The lowest BCUT2D eigenvalue weighted by Gasteiger charge is -2.07. The summed E-state index contributed by atoms with van der Waals surface area (Å²) >= 11 is 3.17. The molecule has 0 aliphatic heterocycles. The van der Waals surface area contributed by atoms with Gasteiger partial charge < -0.3 is 5.32 Å². The summed E-state index contributed by atoms with van der Waals surface area (Å²) in [5.74, 6) is 0. The number of fused-ring (bicyclic) bond motifs is 1. The SMILES string of the molecule is CNCc1c(Sc2nc(C)c(C)c(C)n2)nc2sccn12. The van der Waals surface area contributed by atoms with Crippen molar-refractivity contribution in [3.63, 3.8) is 0 Å². The van der Waals surface area contributed by atoms with E-state index in [1.54, 1.807) is 11.3 Å². The van der Waals surface area contributed by atoms with Gasteiger partial charge in [0.2, 0.25) is 0 Å². The summed E-state index contributed by atoms with van der Waals surface area (Å²) in [6, 6.07) is 0. The van der Waals surface area contributed by atoms with Gasteiger partial charge in [-0.05, 0) is 45.1 Å². The third-order valence-electron chi connectivity index (χ3n) is 3.47. The Kier molecular flexibility index (Phi) is 3.97. The second-order valence-corrected chi connectivity index (χ2v) is 6.68. The van der Waals surface area contributed by atoms with Gasteiger partial charge in [0.25, 0.3) is 0 Å². The number of nitrogens with one attached hydrogen (secondary N) is 1. The van der Waals surface area contributed by atoms with Gasteiger partial charge >= 0.3 is 0 Å². The smallest absolute Gasteiger partial charge is 0.194 e. The van der Waals surface area contributed by atoms with Gasteiger partial charge in [0.15, 0.2) is 10.1 Å². The molecule has 7 heteroatoms. The summed E-state index contributed by atoms with van der Waals surface area (Å²) in [5.41, 5.74) is 4.36. The topological polar surface area (TPSA) is 55.1 Å². The van der Waals surface area contributed by atoms with E-state index in [9.17, 15) is 0 Å². The predicted molar refractivity (Wildman–Crippen MR) is 86.2 cm³/mol. The second kappa shape index (κ2) is 5.75. The maximum atomic E-state index is 4.69. The van der Waals surface area contributed by atoms with Crippen molar-refractivity contribution in [1.82, 2.24) is 24.7 Å². The van der Waals surface area contributed by atoms with Crippen LogP contribution >= 0.6 is 23.1 Å². The summed E-state index contributed by atoms with van der Waals surface area (Å²) in [7, 11) is 1.94. The van der Waals surface area contributed by atoms with Crippen molar-refractivity contribution >= 4 is 28.1 Å². The van der Waals surface area contributed by atoms with Crippen LogP contribution in [0.2, 0.25) is 0 Å². The minimum absolute atomic E-state index is 0.763. The molecule has 0 saturated carbocycles. The highest BCUT2D eigenvalue weighted by molar-refractivity contribution is 7.99. The molecule has 0 spiro atoms. The molecule has 0 aliphatic rings. The second-order valence-electron chi connectivity index (χ2n) is 4.85. The van der Waals surface area contributed by atoms with Gasteiger partial charge in [-0.25, -0.2) is 15.0 Å². The van der Waals surface area contributed by atoms with Crippen LogP contribution in [0.3, 0.4) is 0 Å². The maximum absolute atomic E-state index is 4.69. The summed E-state index contributed by atoms with van der Waals surface area (Å²) in [6.45, 7) is 6.87. The molecular weight excluding hydrogens is 302 g/mol. The third kappa shape index (κ3) is 2.68. The molecule has 3 aromatic rings. The minimum atomic E-state index is 0.763. The van der Waals surface area contributed by atoms with Crippen LogP contribution < -0.4 is 5.32 Å². The van der Waals surface area contributed by atoms with E-state index in [0.29, 0.717) is 0 Å². The lowest BCUT2D eigenvalue weighted by Crippen LogP contribution is -2.08. The minimum Gasteiger partial charge on any atom is -0.314 e. The van der Waals surface area contributed by atoms with E-state index in [1.807, 2.05) is 26.3 Å². The van der Waals surface area contributed by atoms with Gasteiger partial charge in [-0.1, -0.05) is 0 Å². The average molecular weight is 319 g/mol. The molecule has 3 aromatic heterocycles. The molecule has 0 atom stereocenters. The number of thiazole rings is 1. The Balaban J connectivity index is 2.01. The number of rotatable bonds is 4. The van der Waals surface area contributed by atoms with Crippen LogP contribution in [-0.2, 0) is 6.54 Å². The number of aromatic nitrogens is 4. The summed E-state index contributed by atoms with van der Waals surface area (Å²) in [5, 5.41) is 6.98. The van der Waals surface area contributed by atoms with Gasteiger partial charge in [0, 0.05) is 29.5 Å². The Morgan fingerprint density at radius 1 is 1.19 bits per heavy atom. The molecule has 21 heavy (non-hydrogen) atoms. The molecule has 0 radical (unpaired) electrons. The van der Waals surface area contributed by atoms with Crippen LogP contribution in [0, 0.1) is 20.8 Å². The van der Waals surface area contributed by atoms with Crippen molar-refractivity contribution in [2.24, 2.45) is 0 Å². The molecule has 5 nitrogen and oxygen atoms in total. The number of hydrogen-bond acceptors (Lipinski definition) is 6. The highest BCUT2D eigenvalue weighted by atomic mass is 32.2. The summed E-state index contributed by atoms with van der Waals surface area (Å²) < 4.78 is 2.12. The maximum Gasteiger partial charge on any atom is 0.194 e. The zero-order chi connectivity index (χ0) is 15.0. The van der Waals surface area contributed by atoms with Crippen molar-refractivity contribution in [3.8, 4) is 0 Å². The van der Waals surface area contributed by atoms with E-state index in [2.05, 4.69) is 32.8 Å². The van der Waals surface area contributed by atoms with E-state index < -0.39 is 0 Å². The summed E-state index contributed by atoms with van der Waals surface area (Å²) in [4.78, 5) is 14.8. The Bertz CT molecular complexity index is 767. The first-order valence-electron chi connectivity index (χ1n) is 6.69. The lowest BCUT2D eigenvalue weighted by atomic mass is 10.2. The van der Waals surface area contributed by atoms with E-state index >= 15 is 0 Å². The average Bonchev–Trinajstić information content (AvgIpc) is 3.00. The third-order valence-corrected chi connectivity index (χ3v) is 5.11. The Morgan fingerprint density at radius 3 is 2.57 bits per heavy atom. The van der Waals surface area contributed by atoms with Crippen LogP contribution in [0.15, 0.2) is 21.8 Å². The molecule has 1 N–H and O–H groups in total. The zero-order valence-electron chi connectivity index (χ0n) is 12.5. The molecule has 3 heterocycles. The van der Waals surface area contributed by atoms with Crippen LogP contribution in [0.4, 0.5) is 0 Å². The highest BCUT2D eigenvalue weighted by Crippen LogP contribution is 2.30. The van der Waals surface area contributed by atoms with Gasteiger partial charge in [0.05, 0.1) is 5.69 Å². The first-order chi connectivity index (χ1) is 10.1. The monoisotopic (exact) mass is 319 g/mol.